The first-order chi connectivity index (χ1) is 39.0. The molecule has 1 saturated carbocycles. The van der Waals surface area contributed by atoms with Gasteiger partial charge in [0.1, 0.15) is 17.2 Å². The molecule has 17 nitrogen and oxygen atoms in total. The number of halogens is 2. The number of fused-ring (bicyclic) bond motifs is 2. The molecule has 1 saturated heterocycles. The van der Waals surface area contributed by atoms with Crippen LogP contribution in [0.5, 0.6) is 0 Å². The van der Waals surface area contributed by atoms with Crippen molar-refractivity contribution < 1.29 is 28.7 Å². The number of hydrogen-bond donors (Lipinski definition) is 6. The first kappa shape index (κ1) is 57.0. The zero-order chi connectivity index (χ0) is 57.2. The number of piperidine rings is 1. The Morgan fingerprint density at radius 3 is 1.60 bits per heavy atom. The van der Waals surface area contributed by atoms with Gasteiger partial charge in [0.2, 0.25) is 23.7 Å². The van der Waals surface area contributed by atoms with Crippen molar-refractivity contribution in [2.45, 2.75) is 83.4 Å². The van der Waals surface area contributed by atoms with E-state index in [1.54, 1.807) is 53.7 Å². The lowest BCUT2D eigenvalue weighted by Gasteiger charge is -2.38. The van der Waals surface area contributed by atoms with E-state index in [4.69, 9.17) is 37.9 Å². The topological polar surface area (TPSA) is 229 Å². The summed E-state index contributed by atoms with van der Waals surface area (Å²) >= 11 is 13.0. The lowest BCUT2D eigenvalue weighted by Crippen LogP contribution is -2.52. The third-order valence-corrected chi connectivity index (χ3v) is 14.7. The van der Waals surface area contributed by atoms with Gasteiger partial charge in [-0.2, -0.15) is 0 Å². The summed E-state index contributed by atoms with van der Waals surface area (Å²) < 4.78 is 5.66. The summed E-state index contributed by atoms with van der Waals surface area (Å²) in [6, 6.07) is 30.1. The average Bonchev–Trinajstić information content (AvgIpc) is 4.35. The van der Waals surface area contributed by atoms with E-state index < -0.39 is 17.6 Å². The quantitative estimate of drug-likeness (QED) is 0.0497. The van der Waals surface area contributed by atoms with Crippen LogP contribution in [0.2, 0.25) is 10.0 Å². The molecule has 0 spiro atoms. The van der Waals surface area contributed by atoms with Gasteiger partial charge in [-0.15, -0.1) is 0 Å². The largest absolute Gasteiger partial charge is 0.444 e. The Morgan fingerprint density at radius 1 is 0.642 bits per heavy atom. The molecule has 19 heteroatoms. The predicted octanol–water partition coefficient (Wildman–Crippen LogP) is 12.4. The molecule has 81 heavy (non-hydrogen) atoms. The third kappa shape index (κ3) is 14.8. The molecule has 0 bridgehead atoms. The van der Waals surface area contributed by atoms with E-state index in [1.165, 1.54) is 12.2 Å². The van der Waals surface area contributed by atoms with E-state index in [0.29, 0.717) is 64.1 Å². The van der Waals surface area contributed by atoms with Crippen molar-refractivity contribution >= 4 is 97.8 Å². The number of Topliss-reactive ketones (excluding diaryl/α,β-unsaturated/α-hetero) is 2. The van der Waals surface area contributed by atoms with Crippen molar-refractivity contribution in [3.63, 3.8) is 0 Å². The molecule has 0 radical (unpaired) electrons. The Labute approximate surface area is 479 Å². The molecule has 5 heterocycles. The Bertz CT molecular complexity index is 3610. The van der Waals surface area contributed by atoms with E-state index in [0.717, 1.165) is 69.7 Å². The lowest BCUT2D eigenvalue weighted by atomic mass is 9.81. The van der Waals surface area contributed by atoms with Gasteiger partial charge < -0.3 is 40.9 Å². The fourth-order valence-electron chi connectivity index (χ4n) is 10.2. The van der Waals surface area contributed by atoms with Gasteiger partial charge >= 0.3 is 6.09 Å². The lowest BCUT2D eigenvalue weighted by molar-refractivity contribution is -0.124. The molecule has 3 amide bonds. The highest BCUT2D eigenvalue weighted by Gasteiger charge is 2.36. The van der Waals surface area contributed by atoms with Gasteiger partial charge in [0.05, 0.1) is 33.8 Å². The Hall–Kier alpha value is -8.67. The summed E-state index contributed by atoms with van der Waals surface area (Å²) in [6.07, 6.45) is 13.4. The molecule has 4 aromatic carbocycles. The Morgan fingerprint density at radius 2 is 1.11 bits per heavy atom. The number of benzene rings is 4. The number of anilines is 4. The molecule has 2 aliphatic rings. The second kappa shape index (κ2) is 25.6. The molecule has 1 aliphatic carbocycles. The number of ether oxygens (including phenoxy) is 1. The minimum atomic E-state index is -0.687. The summed E-state index contributed by atoms with van der Waals surface area (Å²) in [5.74, 6) is 0.0308. The predicted molar refractivity (Wildman–Crippen MR) is 319 cm³/mol. The average molecular weight is 1130 g/mol. The van der Waals surface area contributed by atoms with Crippen LogP contribution in [0.15, 0.2) is 147 Å². The van der Waals surface area contributed by atoms with Gasteiger partial charge in [0, 0.05) is 107 Å². The van der Waals surface area contributed by atoms with Crippen molar-refractivity contribution in [3.8, 4) is 22.5 Å². The van der Waals surface area contributed by atoms with Crippen LogP contribution < -0.4 is 21.3 Å². The maximum absolute atomic E-state index is 13.6. The minimum Gasteiger partial charge on any atom is -0.444 e. The van der Waals surface area contributed by atoms with Gasteiger partial charge in [-0.3, -0.25) is 19.2 Å². The number of nitrogens with zero attached hydrogens (tertiary/aromatic N) is 5. The minimum absolute atomic E-state index is 0.00978. The van der Waals surface area contributed by atoms with Gasteiger partial charge in [0.25, 0.3) is 0 Å². The number of rotatable bonds is 16. The SMILES string of the molecule is C=CC(=O)Nc1ccc(CC(=O)[C@@H]2CC(Nc3ncc(Cl)c(-c4c[nH]c5ccccc45)n3)CN(C(=O)OC(C)(C)C)C2)cc1.C=CC(=O)Nc1ccc(CC(=O)[C@H]2CCCC(Nc3ncc(Cl)c(-c4c[nH]c5ccccc45)n3)C2)cc1. The van der Waals surface area contributed by atoms with Crippen LogP contribution in [0, 0.1) is 11.8 Å². The molecule has 416 valence electrons. The summed E-state index contributed by atoms with van der Waals surface area (Å²) in [6.45, 7) is 12.9. The van der Waals surface area contributed by atoms with Crippen LogP contribution >= 0.6 is 23.2 Å². The summed E-state index contributed by atoms with van der Waals surface area (Å²) in [5.41, 5.74) is 7.34. The standard InChI is InChI=1S/C33H35ClN6O4.C29H28ClN5O2/c1-5-29(42)37-22-12-10-20(11-13-22)14-28(41)21-15-23(19-40(18-21)32(43)44-33(2,3)4)38-31-36-17-26(34)30(39-31)25-16-35-27-9-7-6-8-24(25)27;1-2-27(37)33-20-12-10-18(11-13-20)14-26(36)19-6-5-7-21(15-19)34-29-32-17-24(30)28(35-29)23-16-31-25-9-4-3-8-22(23)25/h5-13,16-17,21,23,35H,1,14-15,18-19H2,2-4H3,(H,37,42)(H,36,38,39);2-4,8-13,16-17,19,21,31H,1,5-7,14-15H2,(H,33,37)(H,32,34,35)/t21-,23?;19-,21?/m10/s1. The highest BCUT2D eigenvalue weighted by atomic mass is 35.5. The van der Waals surface area contributed by atoms with Crippen LogP contribution in [0.25, 0.3) is 44.3 Å². The van der Waals surface area contributed by atoms with Crippen molar-refractivity contribution in [1.82, 2.24) is 34.8 Å². The summed E-state index contributed by atoms with van der Waals surface area (Å²) in [4.78, 5) is 89.2. The zero-order valence-electron chi connectivity index (χ0n) is 45.2. The Kier molecular flexibility index (Phi) is 18.0. The fraction of sp³-hybridized carbons (Fsp3) is 0.274. The van der Waals surface area contributed by atoms with E-state index >= 15 is 0 Å². The van der Waals surface area contributed by atoms with E-state index in [2.05, 4.69) is 54.4 Å². The second-order valence-corrected chi connectivity index (χ2v) is 22.0. The number of hydrogen-bond acceptors (Lipinski definition) is 12. The molecule has 10 rings (SSSR count). The molecule has 4 aromatic heterocycles. The monoisotopic (exact) mass is 1130 g/mol. The van der Waals surface area contributed by atoms with Crippen LogP contribution in [0.3, 0.4) is 0 Å². The number of likely N-dealkylation sites (tertiary alicyclic amines) is 1. The van der Waals surface area contributed by atoms with Crippen molar-refractivity contribution in [3.05, 3.63) is 168 Å². The maximum Gasteiger partial charge on any atom is 0.410 e. The molecule has 4 atom stereocenters. The zero-order valence-corrected chi connectivity index (χ0v) is 46.7. The van der Waals surface area contributed by atoms with Crippen LogP contribution in [-0.2, 0) is 36.8 Å². The Balaban J connectivity index is 0.000000198. The van der Waals surface area contributed by atoms with E-state index in [1.807, 2.05) is 93.8 Å². The second-order valence-electron chi connectivity index (χ2n) is 21.2. The number of amides is 3. The number of carbonyl (C=O) groups excluding carboxylic acids is 5. The van der Waals surface area contributed by atoms with Gasteiger partial charge in [0.15, 0.2) is 0 Å². The number of aromatic nitrogens is 6. The van der Waals surface area contributed by atoms with Crippen molar-refractivity contribution in [2.75, 3.05) is 34.4 Å². The van der Waals surface area contributed by atoms with Crippen LogP contribution in [0.4, 0.5) is 28.1 Å². The molecule has 2 unspecified atom stereocenters. The van der Waals surface area contributed by atoms with Crippen molar-refractivity contribution in [2.24, 2.45) is 11.8 Å². The van der Waals surface area contributed by atoms with E-state index in [-0.39, 0.29) is 54.3 Å². The normalized spacial score (nSPS) is 17.0. The molecule has 8 aromatic rings. The molecule has 6 N–H and O–H groups in total. The smallest absolute Gasteiger partial charge is 0.410 e. The number of H-pyrrole nitrogens is 2. The van der Waals surface area contributed by atoms with Crippen LogP contribution in [0.1, 0.15) is 64.0 Å². The first-order valence-corrected chi connectivity index (χ1v) is 27.5. The maximum atomic E-state index is 13.6. The highest BCUT2D eigenvalue weighted by molar-refractivity contribution is 6.33. The number of aromatic amines is 2. The summed E-state index contributed by atoms with van der Waals surface area (Å²) in [7, 11) is 0. The number of nitrogens with one attached hydrogen (secondary N) is 6. The van der Waals surface area contributed by atoms with Gasteiger partial charge in [-0.25, -0.2) is 24.7 Å². The molecule has 1 aliphatic heterocycles. The van der Waals surface area contributed by atoms with Gasteiger partial charge in [-0.05, 0) is 106 Å². The number of para-hydroxylation sites is 2. The van der Waals surface area contributed by atoms with Gasteiger partial charge in [-0.1, -0.05) is 103 Å². The number of carbonyl (C=O) groups is 5. The van der Waals surface area contributed by atoms with Crippen molar-refractivity contribution in [1.29, 1.82) is 0 Å². The summed E-state index contributed by atoms with van der Waals surface area (Å²) in [5, 5.41) is 15.1. The molecular weight excluding hydrogens is 1070 g/mol. The molecule has 2 fully saturated rings. The first-order valence-electron chi connectivity index (χ1n) is 26.8. The van der Waals surface area contributed by atoms with Crippen LogP contribution in [-0.4, -0.2) is 95.1 Å². The third-order valence-electron chi connectivity index (χ3n) is 14.1. The molecular formula is C62H63Cl2N11O6. The van der Waals surface area contributed by atoms with E-state index in [9.17, 15) is 24.0 Å². The number of ketones is 2. The fourth-order valence-corrected chi connectivity index (χ4v) is 10.6. The highest BCUT2D eigenvalue weighted by Crippen LogP contribution is 2.35.